The fourth-order valence-corrected chi connectivity index (χ4v) is 1.90. The predicted molar refractivity (Wildman–Crippen MR) is 70.1 cm³/mol. The smallest absolute Gasteiger partial charge is 0.136 e. The van der Waals surface area contributed by atoms with E-state index in [9.17, 15) is 0 Å². The van der Waals surface area contributed by atoms with Crippen LogP contribution in [-0.4, -0.2) is 9.38 Å². The average molecular weight is 238 g/mol. The van der Waals surface area contributed by atoms with Crippen molar-refractivity contribution in [3.05, 3.63) is 72.2 Å². The second-order valence-electron chi connectivity index (χ2n) is 4.21. The molecule has 0 aliphatic rings. The number of ether oxygens (including phenoxy) is 1. The molecule has 3 rings (SSSR count). The fourth-order valence-electron chi connectivity index (χ4n) is 1.90. The molecular weight excluding hydrogens is 224 g/mol. The fraction of sp³-hybridized carbons (Fsp3) is 0.133. The minimum absolute atomic E-state index is 0.609. The molecule has 3 nitrogen and oxygen atoms in total. The summed E-state index contributed by atoms with van der Waals surface area (Å²) in [6.07, 6.45) is 5.73. The molecular formula is C15H14N2O. The lowest BCUT2D eigenvalue weighted by molar-refractivity contribution is 0.107. The van der Waals surface area contributed by atoms with Gasteiger partial charge in [-0.05, 0) is 23.3 Å². The number of pyridine rings is 1. The molecule has 0 N–H and O–H groups in total. The Morgan fingerprint density at radius 2 is 1.78 bits per heavy atom. The van der Waals surface area contributed by atoms with Crippen LogP contribution in [0.4, 0.5) is 0 Å². The van der Waals surface area contributed by atoms with E-state index in [2.05, 4.69) is 23.2 Å². The third-order valence-corrected chi connectivity index (χ3v) is 2.84. The highest BCUT2D eigenvalue weighted by Gasteiger charge is 1.98. The van der Waals surface area contributed by atoms with Crippen LogP contribution in [0, 0.1) is 0 Å². The molecule has 0 aliphatic carbocycles. The Balaban J connectivity index is 1.62. The first-order valence-corrected chi connectivity index (χ1v) is 5.95. The predicted octanol–water partition coefficient (Wildman–Crippen LogP) is 3.05. The molecule has 0 radical (unpaired) electrons. The van der Waals surface area contributed by atoms with E-state index in [0.29, 0.717) is 13.2 Å². The van der Waals surface area contributed by atoms with Crippen LogP contribution >= 0.6 is 0 Å². The van der Waals surface area contributed by atoms with Gasteiger partial charge in [0.1, 0.15) is 5.65 Å². The quantitative estimate of drug-likeness (QED) is 0.698. The van der Waals surface area contributed by atoms with Gasteiger partial charge in [-0.2, -0.15) is 0 Å². The molecule has 2 aromatic heterocycles. The Bertz CT molecular complexity index is 631. The van der Waals surface area contributed by atoms with Crippen LogP contribution in [0.15, 0.2) is 61.1 Å². The highest BCUT2D eigenvalue weighted by atomic mass is 16.5. The molecule has 0 aliphatic heterocycles. The van der Waals surface area contributed by atoms with Gasteiger partial charge in [-0.1, -0.05) is 30.3 Å². The van der Waals surface area contributed by atoms with E-state index in [4.69, 9.17) is 4.74 Å². The monoisotopic (exact) mass is 238 g/mol. The largest absolute Gasteiger partial charge is 0.372 e. The van der Waals surface area contributed by atoms with E-state index in [1.54, 1.807) is 6.20 Å². The molecule has 0 saturated heterocycles. The molecule has 18 heavy (non-hydrogen) atoms. The molecule has 3 aromatic rings. The van der Waals surface area contributed by atoms with Gasteiger partial charge in [0.15, 0.2) is 0 Å². The lowest BCUT2D eigenvalue weighted by atomic mass is 10.2. The standard InChI is InChI=1S/C15H14N2O/c1-2-4-13(5-3-1)11-18-12-14-6-8-17-9-7-16-15(17)10-14/h1-10H,11-12H2. The lowest BCUT2D eigenvalue weighted by Crippen LogP contribution is -1.95. The number of hydrogen-bond acceptors (Lipinski definition) is 2. The zero-order valence-corrected chi connectivity index (χ0v) is 9.99. The van der Waals surface area contributed by atoms with Gasteiger partial charge in [0.05, 0.1) is 13.2 Å². The normalized spacial score (nSPS) is 10.9. The number of rotatable bonds is 4. The van der Waals surface area contributed by atoms with Crippen LogP contribution in [0.2, 0.25) is 0 Å². The van der Waals surface area contributed by atoms with Crippen molar-refractivity contribution in [2.24, 2.45) is 0 Å². The zero-order chi connectivity index (χ0) is 12.2. The van der Waals surface area contributed by atoms with Crippen LogP contribution < -0.4 is 0 Å². The van der Waals surface area contributed by atoms with Crippen LogP contribution in [0.1, 0.15) is 11.1 Å². The van der Waals surface area contributed by atoms with Crippen molar-refractivity contribution in [1.82, 2.24) is 9.38 Å². The molecule has 0 saturated carbocycles. The summed E-state index contributed by atoms with van der Waals surface area (Å²) in [5, 5.41) is 0. The maximum Gasteiger partial charge on any atom is 0.136 e. The van der Waals surface area contributed by atoms with Crippen molar-refractivity contribution in [3.8, 4) is 0 Å². The molecule has 90 valence electrons. The summed E-state index contributed by atoms with van der Waals surface area (Å²) in [6.45, 7) is 1.25. The van der Waals surface area contributed by atoms with Gasteiger partial charge in [0, 0.05) is 18.6 Å². The number of hydrogen-bond donors (Lipinski definition) is 0. The summed E-state index contributed by atoms with van der Waals surface area (Å²) in [7, 11) is 0. The SMILES string of the molecule is c1ccc(COCc2ccn3ccnc3c2)cc1. The maximum absolute atomic E-state index is 5.69. The van der Waals surface area contributed by atoms with Gasteiger partial charge in [0.2, 0.25) is 0 Å². The Labute approximate surface area is 106 Å². The second kappa shape index (κ2) is 5.02. The molecule has 0 amide bonds. The molecule has 0 atom stereocenters. The highest BCUT2D eigenvalue weighted by molar-refractivity contribution is 5.40. The first kappa shape index (κ1) is 11.0. The van der Waals surface area contributed by atoms with E-state index >= 15 is 0 Å². The van der Waals surface area contributed by atoms with Crippen LogP contribution in [-0.2, 0) is 18.0 Å². The third-order valence-electron chi connectivity index (χ3n) is 2.84. The van der Waals surface area contributed by atoms with E-state index < -0.39 is 0 Å². The minimum atomic E-state index is 0.609. The molecule has 0 unspecified atom stereocenters. The number of benzene rings is 1. The van der Waals surface area contributed by atoms with Crippen LogP contribution in [0.5, 0.6) is 0 Å². The molecule has 2 heterocycles. The Kier molecular flexibility index (Phi) is 3.07. The first-order valence-electron chi connectivity index (χ1n) is 5.95. The first-order chi connectivity index (χ1) is 8.92. The summed E-state index contributed by atoms with van der Waals surface area (Å²) in [6, 6.07) is 14.3. The zero-order valence-electron chi connectivity index (χ0n) is 9.99. The van der Waals surface area contributed by atoms with Crippen molar-refractivity contribution >= 4 is 5.65 Å². The highest BCUT2D eigenvalue weighted by Crippen LogP contribution is 2.08. The van der Waals surface area contributed by atoms with Crippen molar-refractivity contribution in [2.45, 2.75) is 13.2 Å². The van der Waals surface area contributed by atoms with Crippen molar-refractivity contribution in [2.75, 3.05) is 0 Å². The van der Waals surface area contributed by atoms with E-state index in [-0.39, 0.29) is 0 Å². The summed E-state index contributed by atoms with van der Waals surface area (Å²) in [5.41, 5.74) is 3.29. The molecule has 1 aromatic carbocycles. The van der Waals surface area contributed by atoms with Gasteiger partial charge < -0.3 is 9.14 Å². The molecule has 0 spiro atoms. The summed E-state index contributed by atoms with van der Waals surface area (Å²) in [5.74, 6) is 0. The summed E-state index contributed by atoms with van der Waals surface area (Å²) < 4.78 is 7.68. The van der Waals surface area contributed by atoms with E-state index in [0.717, 1.165) is 11.2 Å². The minimum Gasteiger partial charge on any atom is -0.372 e. The Morgan fingerprint density at radius 1 is 0.944 bits per heavy atom. The molecule has 0 bridgehead atoms. The average Bonchev–Trinajstić information content (AvgIpc) is 2.87. The van der Waals surface area contributed by atoms with Crippen LogP contribution in [0.3, 0.4) is 0 Å². The Morgan fingerprint density at radius 3 is 2.67 bits per heavy atom. The third kappa shape index (κ3) is 2.41. The van der Waals surface area contributed by atoms with Crippen molar-refractivity contribution < 1.29 is 4.74 Å². The van der Waals surface area contributed by atoms with E-state index in [1.165, 1.54) is 5.56 Å². The number of imidazole rings is 1. The molecule has 0 fully saturated rings. The summed E-state index contributed by atoms with van der Waals surface area (Å²) >= 11 is 0. The summed E-state index contributed by atoms with van der Waals surface area (Å²) in [4.78, 5) is 4.25. The van der Waals surface area contributed by atoms with Crippen molar-refractivity contribution in [1.29, 1.82) is 0 Å². The number of fused-ring (bicyclic) bond motifs is 1. The van der Waals surface area contributed by atoms with Gasteiger partial charge in [-0.25, -0.2) is 4.98 Å². The second-order valence-corrected chi connectivity index (χ2v) is 4.21. The lowest BCUT2D eigenvalue weighted by Gasteiger charge is -2.05. The number of aromatic nitrogens is 2. The van der Waals surface area contributed by atoms with Crippen LogP contribution in [0.25, 0.3) is 5.65 Å². The van der Waals surface area contributed by atoms with Crippen molar-refractivity contribution in [3.63, 3.8) is 0 Å². The van der Waals surface area contributed by atoms with Gasteiger partial charge in [-0.15, -0.1) is 0 Å². The maximum atomic E-state index is 5.69. The van der Waals surface area contributed by atoms with Gasteiger partial charge >= 0.3 is 0 Å². The number of nitrogens with zero attached hydrogens (tertiary/aromatic N) is 2. The van der Waals surface area contributed by atoms with Gasteiger partial charge in [-0.3, -0.25) is 0 Å². The molecule has 3 heteroatoms. The van der Waals surface area contributed by atoms with E-state index in [1.807, 2.05) is 41.1 Å². The topological polar surface area (TPSA) is 26.5 Å². The Hall–Kier alpha value is -2.13. The van der Waals surface area contributed by atoms with Gasteiger partial charge in [0.25, 0.3) is 0 Å².